The van der Waals surface area contributed by atoms with E-state index < -0.39 is 5.54 Å². The second-order valence-electron chi connectivity index (χ2n) is 6.81. The van der Waals surface area contributed by atoms with Crippen molar-refractivity contribution in [2.45, 2.75) is 37.1 Å². The molecule has 2 aliphatic heterocycles. The molecule has 0 spiro atoms. The Kier molecular flexibility index (Phi) is 7.08. The molecule has 0 aromatic carbocycles. The number of aromatic amines is 1. The molecule has 4 rings (SSSR count). The molecular weight excluding hydrogens is 375 g/mol. The molecule has 2 aromatic rings. The minimum absolute atomic E-state index is 0. The number of H-pyrrole nitrogens is 1. The number of carbonyl (C=O) groups excluding carboxylic acids is 1. The first-order valence-electron chi connectivity index (χ1n) is 8.78. The van der Waals surface area contributed by atoms with Gasteiger partial charge < -0.3 is 15.2 Å². The fourth-order valence-electron chi connectivity index (χ4n) is 4.08. The molecule has 0 unspecified atom stereocenters. The molecular formula is C17H26Cl2N6O. The van der Waals surface area contributed by atoms with E-state index in [-0.39, 0.29) is 30.7 Å². The number of halogens is 2. The normalized spacial score (nSPS) is 20.1. The smallest absolute Gasteiger partial charge is 0.250 e. The van der Waals surface area contributed by atoms with E-state index in [1.807, 2.05) is 28.0 Å². The molecule has 2 saturated heterocycles. The van der Waals surface area contributed by atoms with Gasteiger partial charge in [-0.15, -0.1) is 24.8 Å². The molecule has 2 aliphatic rings. The Bertz CT molecular complexity index is 662. The van der Waals surface area contributed by atoms with Gasteiger partial charge in [0.15, 0.2) is 0 Å². The lowest BCUT2D eigenvalue weighted by Crippen LogP contribution is -2.56. The lowest BCUT2D eigenvalue weighted by Gasteiger charge is -2.42. The first kappa shape index (κ1) is 20.7. The van der Waals surface area contributed by atoms with Gasteiger partial charge in [-0.2, -0.15) is 5.10 Å². The molecule has 0 aliphatic carbocycles. The van der Waals surface area contributed by atoms with Crippen molar-refractivity contribution in [3.8, 4) is 0 Å². The van der Waals surface area contributed by atoms with E-state index >= 15 is 0 Å². The summed E-state index contributed by atoms with van der Waals surface area (Å²) in [6, 6.07) is 1.90. The number of rotatable bonds is 3. The monoisotopic (exact) mass is 400 g/mol. The molecule has 1 amide bonds. The van der Waals surface area contributed by atoms with E-state index in [1.54, 1.807) is 12.5 Å². The lowest BCUT2D eigenvalue weighted by atomic mass is 9.85. The van der Waals surface area contributed by atoms with Gasteiger partial charge in [0.1, 0.15) is 5.54 Å². The number of likely N-dealkylation sites (tertiary alicyclic amines) is 1. The average molecular weight is 401 g/mol. The maximum atomic E-state index is 13.4. The van der Waals surface area contributed by atoms with Crippen molar-refractivity contribution in [1.29, 1.82) is 0 Å². The molecule has 7 nitrogen and oxygen atoms in total. The molecule has 144 valence electrons. The van der Waals surface area contributed by atoms with Crippen LogP contribution in [0.15, 0.2) is 31.0 Å². The van der Waals surface area contributed by atoms with E-state index in [9.17, 15) is 4.79 Å². The predicted octanol–water partition coefficient (Wildman–Crippen LogP) is 1.93. The van der Waals surface area contributed by atoms with E-state index in [4.69, 9.17) is 0 Å². The number of nitrogens with zero attached hydrogens (tertiary/aromatic N) is 4. The Labute approximate surface area is 165 Å². The van der Waals surface area contributed by atoms with Crippen molar-refractivity contribution in [2.75, 3.05) is 26.2 Å². The zero-order chi connectivity index (χ0) is 16.4. The number of carbonyl (C=O) groups is 1. The third-order valence-corrected chi connectivity index (χ3v) is 5.51. The van der Waals surface area contributed by atoms with E-state index in [2.05, 4.69) is 20.4 Å². The van der Waals surface area contributed by atoms with Crippen LogP contribution >= 0.6 is 24.8 Å². The van der Waals surface area contributed by atoms with Crippen molar-refractivity contribution in [3.63, 3.8) is 0 Å². The van der Waals surface area contributed by atoms with Crippen molar-refractivity contribution in [2.24, 2.45) is 0 Å². The Hall–Kier alpha value is -1.57. The fraction of sp³-hybridized carbons (Fsp3) is 0.588. The van der Waals surface area contributed by atoms with Crippen LogP contribution in [0.25, 0.3) is 0 Å². The maximum Gasteiger partial charge on any atom is 0.250 e. The summed E-state index contributed by atoms with van der Waals surface area (Å²) < 4.78 is 1.89. The van der Waals surface area contributed by atoms with Crippen LogP contribution in [0.4, 0.5) is 0 Å². The zero-order valence-corrected chi connectivity index (χ0v) is 16.3. The van der Waals surface area contributed by atoms with Gasteiger partial charge in [0.25, 0.3) is 5.91 Å². The van der Waals surface area contributed by atoms with E-state index in [0.29, 0.717) is 5.92 Å². The van der Waals surface area contributed by atoms with Crippen LogP contribution < -0.4 is 5.32 Å². The maximum absolute atomic E-state index is 13.4. The van der Waals surface area contributed by atoms with Gasteiger partial charge in [0, 0.05) is 43.3 Å². The van der Waals surface area contributed by atoms with Crippen LogP contribution in [0.5, 0.6) is 0 Å². The van der Waals surface area contributed by atoms with Gasteiger partial charge in [-0.05, 0) is 44.8 Å². The zero-order valence-electron chi connectivity index (χ0n) is 14.6. The van der Waals surface area contributed by atoms with E-state index in [0.717, 1.165) is 51.9 Å². The van der Waals surface area contributed by atoms with Crippen molar-refractivity contribution < 1.29 is 4.79 Å². The average Bonchev–Trinajstić information content (AvgIpc) is 3.35. The first-order chi connectivity index (χ1) is 11.8. The summed E-state index contributed by atoms with van der Waals surface area (Å²) in [6.07, 6.45) is 10.9. The molecule has 0 bridgehead atoms. The highest BCUT2D eigenvalue weighted by molar-refractivity contribution is 5.86. The van der Waals surface area contributed by atoms with Crippen LogP contribution in [0.1, 0.15) is 37.3 Å². The molecule has 2 fully saturated rings. The number of hydrogen-bond donors (Lipinski definition) is 2. The Morgan fingerprint density at radius 1 is 1.19 bits per heavy atom. The van der Waals surface area contributed by atoms with Crippen LogP contribution in [-0.4, -0.2) is 56.7 Å². The second kappa shape index (κ2) is 8.88. The van der Waals surface area contributed by atoms with Crippen LogP contribution in [0.3, 0.4) is 0 Å². The number of amides is 1. The summed E-state index contributed by atoms with van der Waals surface area (Å²) in [7, 11) is 0. The minimum atomic E-state index is -0.518. The summed E-state index contributed by atoms with van der Waals surface area (Å²) in [6.45, 7) is 3.32. The van der Waals surface area contributed by atoms with Crippen LogP contribution in [-0.2, 0) is 10.3 Å². The summed E-state index contributed by atoms with van der Waals surface area (Å²) in [4.78, 5) is 22.7. The summed E-state index contributed by atoms with van der Waals surface area (Å²) >= 11 is 0. The Morgan fingerprint density at radius 2 is 1.92 bits per heavy atom. The van der Waals surface area contributed by atoms with Gasteiger partial charge in [0.05, 0.1) is 6.33 Å². The Morgan fingerprint density at radius 3 is 2.50 bits per heavy atom. The van der Waals surface area contributed by atoms with E-state index in [1.165, 1.54) is 5.69 Å². The lowest BCUT2D eigenvalue weighted by molar-refractivity contribution is -0.144. The van der Waals surface area contributed by atoms with Crippen molar-refractivity contribution >= 4 is 30.7 Å². The second-order valence-corrected chi connectivity index (χ2v) is 6.81. The number of piperidine rings is 2. The van der Waals surface area contributed by atoms with Crippen LogP contribution in [0.2, 0.25) is 0 Å². The van der Waals surface area contributed by atoms with Gasteiger partial charge in [0.2, 0.25) is 0 Å². The molecule has 2 aromatic heterocycles. The van der Waals surface area contributed by atoms with Gasteiger partial charge in [-0.25, -0.2) is 4.98 Å². The van der Waals surface area contributed by atoms with Gasteiger partial charge in [-0.3, -0.25) is 9.48 Å². The quantitative estimate of drug-likeness (QED) is 0.824. The summed E-state index contributed by atoms with van der Waals surface area (Å²) in [5.41, 5.74) is 0.668. The van der Waals surface area contributed by atoms with Crippen LogP contribution in [0, 0.1) is 0 Å². The number of nitrogens with one attached hydrogen (secondary N) is 2. The number of imidazole rings is 1. The summed E-state index contributed by atoms with van der Waals surface area (Å²) in [5, 5.41) is 7.77. The molecule has 2 N–H and O–H groups in total. The van der Waals surface area contributed by atoms with Crippen molar-refractivity contribution in [1.82, 2.24) is 30.0 Å². The Balaban J connectivity index is 0.00000121. The largest absolute Gasteiger partial charge is 0.348 e. The molecule has 9 heteroatoms. The van der Waals surface area contributed by atoms with Gasteiger partial charge in [-0.1, -0.05) is 0 Å². The molecule has 4 heterocycles. The summed E-state index contributed by atoms with van der Waals surface area (Å²) in [5.74, 6) is 0.709. The third-order valence-electron chi connectivity index (χ3n) is 5.51. The standard InChI is InChI=1S/C17H24N6O.2ClH/c24-16(17(4-7-18-8-5-17)23-9-1-6-21-23)22-10-2-14(3-11-22)15-12-19-13-20-15;;/h1,6,9,12-14,18H,2-5,7-8,10-11H2,(H,19,20);2*1H. The highest BCUT2D eigenvalue weighted by Gasteiger charge is 2.45. The SMILES string of the molecule is Cl.Cl.O=C(N1CCC(c2cnc[nH]2)CC1)C1(n2cccn2)CCNCC1. The number of aromatic nitrogens is 4. The molecule has 0 radical (unpaired) electrons. The molecule has 0 atom stereocenters. The first-order valence-corrected chi connectivity index (χ1v) is 8.78. The number of hydrogen-bond acceptors (Lipinski definition) is 4. The molecule has 26 heavy (non-hydrogen) atoms. The topological polar surface area (TPSA) is 78.8 Å². The third kappa shape index (κ3) is 3.75. The van der Waals surface area contributed by atoms with Gasteiger partial charge >= 0.3 is 0 Å². The van der Waals surface area contributed by atoms with Crippen molar-refractivity contribution in [3.05, 3.63) is 36.7 Å². The molecule has 0 saturated carbocycles. The highest BCUT2D eigenvalue weighted by atomic mass is 35.5. The fourth-order valence-corrected chi connectivity index (χ4v) is 4.08. The highest BCUT2D eigenvalue weighted by Crippen LogP contribution is 2.33. The minimum Gasteiger partial charge on any atom is -0.348 e. The predicted molar refractivity (Wildman–Crippen MR) is 104 cm³/mol.